The second-order valence-electron chi connectivity index (χ2n) is 6.06. The van der Waals surface area contributed by atoms with Gasteiger partial charge < -0.3 is 9.73 Å². The lowest BCUT2D eigenvalue weighted by molar-refractivity contribution is -0.137. The summed E-state index contributed by atoms with van der Waals surface area (Å²) in [6.07, 6.45) is -1.13. The van der Waals surface area contributed by atoms with Gasteiger partial charge in [0.25, 0.3) is 5.91 Å². The maximum absolute atomic E-state index is 12.8. The Labute approximate surface area is 175 Å². The number of carbonyl (C=O) groups is 1. The average Bonchev–Trinajstić information content (AvgIpc) is 3.25. The highest BCUT2D eigenvalue weighted by Crippen LogP contribution is 2.29. The van der Waals surface area contributed by atoms with Crippen molar-refractivity contribution in [2.45, 2.75) is 18.1 Å². The molecular formula is C21H16F3N3O2S. The number of benzene rings is 1. The Morgan fingerprint density at radius 1 is 1.23 bits per heavy atom. The molecule has 0 radical (unpaired) electrons. The van der Waals surface area contributed by atoms with Crippen LogP contribution in [0.15, 0.2) is 52.1 Å². The fourth-order valence-electron chi connectivity index (χ4n) is 2.60. The summed E-state index contributed by atoms with van der Waals surface area (Å²) in [6, 6.07) is 8.15. The Bertz CT molecular complexity index is 1120. The van der Waals surface area contributed by atoms with Crippen LogP contribution >= 0.6 is 11.8 Å². The van der Waals surface area contributed by atoms with E-state index < -0.39 is 17.6 Å². The lowest BCUT2D eigenvalue weighted by Crippen LogP contribution is -2.26. The van der Waals surface area contributed by atoms with Gasteiger partial charge in [-0.3, -0.25) is 4.79 Å². The van der Waals surface area contributed by atoms with Crippen molar-refractivity contribution >= 4 is 17.7 Å². The van der Waals surface area contributed by atoms with Crippen LogP contribution in [0.3, 0.4) is 0 Å². The van der Waals surface area contributed by atoms with Crippen molar-refractivity contribution in [2.75, 3.05) is 12.8 Å². The van der Waals surface area contributed by atoms with Gasteiger partial charge in [-0.25, -0.2) is 9.97 Å². The van der Waals surface area contributed by atoms with E-state index in [1.165, 1.54) is 30.2 Å². The Balaban J connectivity index is 1.73. The van der Waals surface area contributed by atoms with Crippen molar-refractivity contribution < 1.29 is 22.4 Å². The third kappa shape index (κ3) is 5.02. The first-order chi connectivity index (χ1) is 14.3. The first-order valence-electron chi connectivity index (χ1n) is 8.70. The summed E-state index contributed by atoms with van der Waals surface area (Å²) < 4.78 is 43.6. The van der Waals surface area contributed by atoms with Crippen molar-refractivity contribution in [2.24, 2.45) is 0 Å². The maximum atomic E-state index is 12.8. The highest BCUT2D eigenvalue weighted by atomic mass is 32.2. The zero-order chi connectivity index (χ0) is 21.7. The molecule has 1 N–H and O–H groups in total. The number of amides is 1. The minimum absolute atomic E-state index is 0.0394. The lowest BCUT2D eigenvalue weighted by atomic mass is 10.1. The van der Waals surface area contributed by atoms with E-state index in [9.17, 15) is 18.0 Å². The molecule has 0 saturated heterocycles. The molecule has 0 unspecified atom stereocenters. The predicted octanol–water partition coefficient (Wildman–Crippen LogP) is 4.57. The summed E-state index contributed by atoms with van der Waals surface area (Å²) >= 11 is 1.29. The monoisotopic (exact) mass is 431 g/mol. The Hall–Kier alpha value is -3.25. The molecule has 0 aliphatic heterocycles. The number of aryl methyl sites for hydroxylation is 1. The number of hydrogen-bond donors (Lipinski definition) is 1. The molecule has 154 valence electrons. The number of furan rings is 1. The zero-order valence-corrected chi connectivity index (χ0v) is 16.8. The van der Waals surface area contributed by atoms with Crippen LogP contribution in [0.25, 0.3) is 11.6 Å². The molecule has 0 fully saturated rings. The van der Waals surface area contributed by atoms with Crippen LogP contribution in [0.2, 0.25) is 0 Å². The number of carbonyl (C=O) groups excluding carboxylic acids is 1. The fraction of sp³-hybridized carbons (Fsp3) is 0.190. The van der Waals surface area contributed by atoms with Gasteiger partial charge in [0.05, 0.1) is 29.6 Å². The van der Waals surface area contributed by atoms with Crippen molar-refractivity contribution in [3.8, 4) is 23.4 Å². The van der Waals surface area contributed by atoms with Gasteiger partial charge in [0.1, 0.15) is 5.03 Å². The number of alkyl halides is 3. The van der Waals surface area contributed by atoms with Crippen LogP contribution in [0, 0.1) is 18.8 Å². The highest BCUT2D eigenvalue weighted by molar-refractivity contribution is 7.98. The lowest BCUT2D eigenvalue weighted by Gasteiger charge is -2.10. The summed E-state index contributed by atoms with van der Waals surface area (Å²) in [6.45, 7) is 1.65. The van der Waals surface area contributed by atoms with Crippen LogP contribution in [0.4, 0.5) is 13.2 Å². The first-order valence-corrected chi connectivity index (χ1v) is 9.93. The van der Waals surface area contributed by atoms with Gasteiger partial charge >= 0.3 is 6.18 Å². The summed E-state index contributed by atoms with van der Waals surface area (Å²) in [5.74, 6) is 5.74. The van der Waals surface area contributed by atoms with Crippen molar-refractivity contribution in [1.29, 1.82) is 0 Å². The first kappa shape index (κ1) is 21.5. The number of hydrogen-bond acceptors (Lipinski definition) is 5. The van der Waals surface area contributed by atoms with E-state index in [-0.39, 0.29) is 12.1 Å². The average molecular weight is 431 g/mol. The topological polar surface area (TPSA) is 68.0 Å². The molecule has 2 heterocycles. The Morgan fingerprint density at radius 3 is 2.70 bits per heavy atom. The van der Waals surface area contributed by atoms with Crippen molar-refractivity contribution in [3.05, 3.63) is 65.0 Å². The minimum Gasteiger partial charge on any atom is -0.461 e. The van der Waals surface area contributed by atoms with Crippen molar-refractivity contribution in [3.63, 3.8) is 0 Å². The largest absolute Gasteiger partial charge is 0.461 e. The normalized spacial score (nSPS) is 11.0. The van der Waals surface area contributed by atoms with E-state index in [0.717, 1.165) is 12.1 Å². The summed E-state index contributed by atoms with van der Waals surface area (Å²) in [4.78, 5) is 21.3. The van der Waals surface area contributed by atoms with Crippen LogP contribution in [-0.4, -0.2) is 28.7 Å². The van der Waals surface area contributed by atoms with E-state index in [0.29, 0.717) is 27.9 Å². The van der Waals surface area contributed by atoms with Gasteiger partial charge in [0.15, 0.2) is 11.6 Å². The molecule has 1 aromatic carbocycles. The number of rotatable bonds is 4. The molecule has 9 heteroatoms. The highest BCUT2D eigenvalue weighted by Gasteiger charge is 2.30. The van der Waals surface area contributed by atoms with E-state index in [2.05, 4.69) is 27.1 Å². The summed E-state index contributed by atoms with van der Waals surface area (Å²) in [5, 5.41) is 3.12. The maximum Gasteiger partial charge on any atom is 0.416 e. The van der Waals surface area contributed by atoms with Crippen LogP contribution in [-0.2, 0) is 6.18 Å². The van der Waals surface area contributed by atoms with Gasteiger partial charge in [-0.1, -0.05) is 17.9 Å². The van der Waals surface area contributed by atoms with Gasteiger partial charge in [-0.05, 0) is 43.5 Å². The van der Waals surface area contributed by atoms with Crippen LogP contribution in [0.5, 0.6) is 0 Å². The van der Waals surface area contributed by atoms with E-state index in [4.69, 9.17) is 4.42 Å². The Morgan fingerprint density at radius 2 is 2.03 bits per heavy atom. The molecule has 0 bridgehead atoms. The Kier molecular flexibility index (Phi) is 6.47. The number of halogens is 3. The van der Waals surface area contributed by atoms with Gasteiger partial charge in [-0.2, -0.15) is 13.2 Å². The molecule has 5 nitrogen and oxygen atoms in total. The van der Waals surface area contributed by atoms with Gasteiger partial charge in [0.2, 0.25) is 0 Å². The molecule has 2 aromatic heterocycles. The fourth-order valence-corrected chi connectivity index (χ4v) is 3.23. The second kappa shape index (κ2) is 9.05. The molecule has 0 spiro atoms. The third-order valence-electron chi connectivity index (χ3n) is 3.98. The van der Waals surface area contributed by atoms with Crippen LogP contribution in [0.1, 0.15) is 27.2 Å². The van der Waals surface area contributed by atoms with Crippen LogP contribution < -0.4 is 5.32 Å². The summed E-state index contributed by atoms with van der Waals surface area (Å²) in [5.41, 5.74) is 0.237. The minimum atomic E-state index is -4.43. The van der Waals surface area contributed by atoms with E-state index in [1.807, 2.05) is 0 Å². The van der Waals surface area contributed by atoms with Crippen molar-refractivity contribution in [1.82, 2.24) is 15.3 Å². The number of nitrogens with one attached hydrogen (secondary N) is 1. The van der Waals surface area contributed by atoms with Gasteiger partial charge in [0, 0.05) is 5.56 Å². The van der Waals surface area contributed by atoms with Gasteiger partial charge in [-0.15, -0.1) is 11.8 Å². The molecule has 0 atom stereocenters. The third-order valence-corrected chi connectivity index (χ3v) is 4.66. The number of nitrogens with zero attached hydrogens (tertiary/aromatic N) is 2. The number of thioether (sulfide) groups is 1. The predicted molar refractivity (Wildman–Crippen MR) is 107 cm³/mol. The molecule has 0 saturated carbocycles. The molecule has 3 rings (SSSR count). The molecule has 0 aliphatic carbocycles. The number of aromatic nitrogens is 2. The molecule has 3 aromatic rings. The second-order valence-corrected chi connectivity index (χ2v) is 6.85. The summed E-state index contributed by atoms with van der Waals surface area (Å²) in [7, 11) is 0. The molecule has 0 aliphatic rings. The van der Waals surface area contributed by atoms with E-state index in [1.54, 1.807) is 25.3 Å². The smallest absolute Gasteiger partial charge is 0.416 e. The van der Waals surface area contributed by atoms with E-state index >= 15 is 0 Å². The molecule has 30 heavy (non-hydrogen) atoms. The molecule has 1 amide bonds. The quantitative estimate of drug-likeness (QED) is 0.372. The SMILES string of the molecule is CSc1nc(-c2ccco2)nc(C)c1C(=O)NCC#Cc1cccc(C(F)(F)F)c1. The molecular weight excluding hydrogens is 415 g/mol. The standard InChI is InChI=1S/C21H16F3N3O2S/c1-13-17(20(30-2)27-18(26-13)16-9-5-11-29-16)19(28)25-10-4-7-14-6-3-8-15(12-14)21(22,23)24/h3,5-6,8-9,11-12H,10H2,1-2H3,(H,25,28). The zero-order valence-electron chi connectivity index (χ0n) is 16.0.